The van der Waals surface area contributed by atoms with E-state index in [4.69, 9.17) is 0 Å². The second kappa shape index (κ2) is 10.9. The van der Waals surface area contributed by atoms with Crippen molar-refractivity contribution in [1.82, 2.24) is 10.2 Å². The molecule has 2 aromatic carbocycles. The van der Waals surface area contributed by atoms with Gasteiger partial charge in [0.25, 0.3) is 0 Å². The van der Waals surface area contributed by atoms with Crippen LogP contribution in [-0.2, 0) is 32.3 Å². The fourth-order valence-electron chi connectivity index (χ4n) is 3.32. The number of alkyl halides is 3. The number of amides is 2. The lowest BCUT2D eigenvalue weighted by atomic mass is 10.1. The number of carbonyl (C=O) groups excluding carboxylic acids is 2. The zero-order valence-corrected chi connectivity index (χ0v) is 21.4. The molecule has 0 aliphatic carbocycles. The Kier molecular flexibility index (Phi) is 8.77. The highest BCUT2D eigenvalue weighted by Crippen LogP contribution is 2.32. The highest BCUT2D eigenvalue weighted by molar-refractivity contribution is 7.92. The van der Waals surface area contributed by atoms with Gasteiger partial charge in [-0.1, -0.05) is 24.3 Å². The van der Waals surface area contributed by atoms with E-state index in [9.17, 15) is 35.6 Å². The van der Waals surface area contributed by atoms with Crippen LogP contribution < -0.4 is 9.62 Å². The van der Waals surface area contributed by atoms with Gasteiger partial charge in [-0.05, 0) is 52.0 Å². The number of nitrogens with zero attached hydrogens (tertiary/aromatic N) is 2. The van der Waals surface area contributed by atoms with Crippen molar-refractivity contribution in [2.24, 2.45) is 0 Å². The van der Waals surface area contributed by atoms with E-state index in [1.165, 1.54) is 31.2 Å². The van der Waals surface area contributed by atoms with Gasteiger partial charge in [-0.2, -0.15) is 13.2 Å². The molecule has 2 aromatic rings. The number of anilines is 1. The largest absolute Gasteiger partial charge is 0.416 e. The fourth-order valence-corrected chi connectivity index (χ4v) is 4.16. The summed E-state index contributed by atoms with van der Waals surface area (Å²) >= 11 is 0. The van der Waals surface area contributed by atoms with E-state index in [2.05, 4.69) is 5.32 Å². The zero-order chi connectivity index (χ0) is 27.5. The van der Waals surface area contributed by atoms with Crippen LogP contribution >= 0.6 is 0 Å². The van der Waals surface area contributed by atoms with Crippen LogP contribution in [0, 0.1) is 5.82 Å². The first-order chi connectivity index (χ1) is 16.4. The summed E-state index contributed by atoms with van der Waals surface area (Å²) in [5.74, 6) is -2.12. The Labute approximate surface area is 208 Å². The van der Waals surface area contributed by atoms with Crippen LogP contribution in [0.5, 0.6) is 0 Å². The quantitative estimate of drug-likeness (QED) is 0.523. The summed E-state index contributed by atoms with van der Waals surface area (Å²) < 4.78 is 79.5. The van der Waals surface area contributed by atoms with Crippen molar-refractivity contribution < 1.29 is 35.6 Å². The third-order valence-electron chi connectivity index (χ3n) is 5.10. The van der Waals surface area contributed by atoms with Crippen LogP contribution in [0.25, 0.3) is 0 Å². The lowest BCUT2D eigenvalue weighted by Gasteiger charge is -2.33. The van der Waals surface area contributed by atoms with E-state index in [-0.39, 0.29) is 17.8 Å². The first-order valence-corrected chi connectivity index (χ1v) is 12.7. The molecular formula is C24H29F4N3O4S. The molecule has 0 bridgehead atoms. The van der Waals surface area contributed by atoms with Crippen LogP contribution in [0.1, 0.15) is 38.8 Å². The van der Waals surface area contributed by atoms with E-state index >= 15 is 0 Å². The Bertz CT molecular complexity index is 1210. The lowest BCUT2D eigenvalue weighted by Crippen LogP contribution is -2.54. The maximum atomic E-state index is 14.4. The van der Waals surface area contributed by atoms with Crippen LogP contribution in [0.4, 0.5) is 23.2 Å². The number of rotatable bonds is 8. The minimum Gasteiger partial charge on any atom is -0.350 e. The summed E-state index contributed by atoms with van der Waals surface area (Å²) in [4.78, 5) is 27.2. The predicted molar refractivity (Wildman–Crippen MR) is 128 cm³/mol. The van der Waals surface area contributed by atoms with Crippen LogP contribution in [0.15, 0.2) is 48.5 Å². The molecule has 0 aliphatic rings. The number of hydrogen-bond donors (Lipinski definition) is 1. The van der Waals surface area contributed by atoms with Gasteiger partial charge in [0.2, 0.25) is 21.8 Å². The molecular weight excluding hydrogens is 502 g/mol. The SMILES string of the molecule is CC(C(=O)NC(C)(C)C)N(Cc1ccccc1F)C(=O)CN(c1cccc(C(F)(F)F)c1)S(C)(=O)=O. The summed E-state index contributed by atoms with van der Waals surface area (Å²) in [5.41, 5.74) is -2.05. The van der Waals surface area contributed by atoms with Crippen molar-refractivity contribution in [2.45, 2.75) is 52.0 Å². The molecule has 12 heteroatoms. The van der Waals surface area contributed by atoms with Crippen LogP contribution in [-0.4, -0.2) is 49.5 Å². The number of benzene rings is 2. The van der Waals surface area contributed by atoms with Crippen molar-refractivity contribution >= 4 is 27.5 Å². The molecule has 0 saturated heterocycles. The normalized spacial score (nSPS) is 13.1. The second-order valence-corrected chi connectivity index (χ2v) is 11.3. The van der Waals surface area contributed by atoms with Crippen molar-refractivity contribution in [1.29, 1.82) is 0 Å². The van der Waals surface area contributed by atoms with Crippen LogP contribution in [0.3, 0.4) is 0 Å². The molecule has 1 unspecified atom stereocenters. The minimum absolute atomic E-state index is 0.0752. The van der Waals surface area contributed by atoms with Gasteiger partial charge in [0.05, 0.1) is 17.5 Å². The highest BCUT2D eigenvalue weighted by Gasteiger charge is 2.34. The molecule has 1 atom stereocenters. The van der Waals surface area contributed by atoms with E-state index in [0.29, 0.717) is 10.4 Å². The fraction of sp³-hybridized carbons (Fsp3) is 0.417. The molecule has 2 rings (SSSR count). The van der Waals surface area contributed by atoms with Gasteiger partial charge in [-0.25, -0.2) is 12.8 Å². The number of nitrogens with one attached hydrogen (secondary N) is 1. The monoisotopic (exact) mass is 531 g/mol. The predicted octanol–water partition coefficient (Wildman–Crippen LogP) is 3.94. The molecule has 7 nitrogen and oxygen atoms in total. The summed E-state index contributed by atoms with van der Waals surface area (Å²) in [5, 5.41) is 2.71. The molecule has 0 fully saturated rings. The van der Waals surface area contributed by atoms with Gasteiger partial charge in [-0.15, -0.1) is 0 Å². The Hall–Kier alpha value is -3.15. The van der Waals surface area contributed by atoms with Gasteiger partial charge in [-0.3, -0.25) is 13.9 Å². The maximum Gasteiger partial charge on any atom is 0.416 e. The second-order valence-electron chi connectivity index (χ2n) is 9.35. The molecule has 0 heterocycles. The van der Waals surface area contributed by atoms with Crippen molar-refractivity contribution in [2.75, 3.05) is 17.1 Å². The number of sulfonamides is 1. The number of carbonyl (C=O) groups is 2. The molecule has 2 amide bonds. The zero-order valence-electron chi connectivity index (χ0n) is 20.6. The molecule has 1 N–H and O–H groups in total. The summed E-state index contributed by atoms with van der Waals surface area (Å²) in [6.45, 7) is 5.29. The standard InChI is InChI=1S/C24H29F4N3O4S/c1-16(22(33)29-23(2,3)4)30(14-17-9-6-7-12-20(17)25)21(32)15-31(36(5,34)35)19-11-8-10-18(13-19)24(26,27)28/h6-13,16H,14-15H2,1-5H3,(H,29,33). The van der Waals surface area contributed by atoms with E-state index in [1.807, 2.05) is 0 Å². The minimum atomic E-state index is -4.74. The highest BCUT2D eigenvalue weighted by atomic mass is 32.2. The maximum absolute atomic E-state index is 14.4. The number of halogens is 4. The first kappa shape index (κ1) is 29.1. The van der Waals surface area contributed by atoms with Gasteiger partial charge >= 0.3 is 6.18 Å². The summed E-state index contributed by atoms with van der Waals surface area (Å²) in [6, 6.07) is 7.94. The third-order valence-corrected chi connectivity index (χ3v) is 6.25. The Morgan fingerprint density at radius 2 is 1.64 bits per heavy atom. The van der Waals surface area contributed by atoms with Gasteiger partial charge in [0, 0.05) is 17.6 Å². The number of hydrogen-bond acceptors (Lipinski definition) is 4. The molecule has 198 valence electrons. The first-order valence-electron chi connectivity index (χ1n) is 10.9. The van der Waals surface area contributed by atoms with Crippen LogP contribution in [0.2, 0.25) is 0 Å². The Balaban J connectivity index is 2.47. The molecule has 0 aromatic heterocycles. The van der Waals surface area contributed by atoms with Gasteiger partial charge in [0.15, 0.2) is 0 Å². The lowest BCUT2D eigenvalue weighted by molar-refractivity contribution is -0.140. The molecule has 0 aliphatic heterocycles. The third kappa shape index (κ3) is 7.94. The average molecular weight is 532 g/mol. The Morgan fingerprint density at radius 1 is 1.03 bits per heavy atom. The van der Waals surface area contributed by atoms with E-state index in [0.717, 1.165) is 29.4 Å². The molecule has 0 spiro atoms. The Morgan fingerprint density at radius 3 is 2.17 bits per heavy atom. The summed E-state index contributed by atoms with van der Waals surface area (Å²) in [6.07, 6.45) is -3.99. The van der Waals surface area contributed by atoms with Crippen molar-refractivity contribution in [3.8, 4) is 0 Å². The van der Waals surface area contributed by atoms with E-state index in [1.54, 1.807) is 20.8 Å². The van der Waals surface area contributed by atoms with Gasteiger partial charge in [0.1, 0.15) is 18.4 Å². The molecule has 36 heavy (non-hydrogen) atoms. The smallest absolute Gasteiger partial charge is 0.350 e. The van der Waals surface area contributed by atoms with Gasteiger partial charge < -0.3 is 10.2 Å². The van der Waals surface area contributed by atoms with Crippen molar-refractivity contribution in [3.63, 3.8) is 0 Å². The molecule has 0 radical (unpaired) electrons. The summed E-state index contributed by atoms with van der Waals surface area (Å²) in [7, 11) is -4.22. The molecule has 0 saturated carbocycles. The topological polar surface area (TPSA) is 86.8 Å². The van der Waals surface area contributed by atoms with E-state index < -0.39 is 57.5 Å². The average Bonchev–Trinajstić information content (AvgIpc) is 2.73. The van der Waals surface area contributed by atoms with Crippen molar-refractivity contribution in [3.05, 3.63) is 65.5 Å².